The molecule has 1 aromatic heterocycles. The maximum atomic E-state index is 9.12. The van der Waals surface area contributed by atoms with Gasteiger partial charge in [-0.2, -0.15) is 0 Å². The number of ether oxygens (including phenoxy) is 1. The van der Waals surface area contributed by atoms with Gasteiger partial charge in [-0.25, -0.2) is 4.98 Å². The Balaban J connectivity index is 2.38. The molecule has 0 atom stereocenters. The third-order valence-corrected chi connectivity index (χ3v) is 2.45. The highest BCUT2D eigenvalue weighted by atomic mass is 16.5. The first-order valence-electron chi connectivity index (χ1n) is 4.62. The zero-order valence-electron chi connectivity index (χ0n) is 7.97. The normalized spacial score (nSPS) is 15.4. The Kier molecular flexibility index (Phi) is 2.43. The third-order valence-electron chi connectivity index (χ3n) is 2.45. The molecule has 1 saturated carbocycles. The second-order valence-electron chi connectivity index (χ2n) is 3.50. The maximum Gasteiger partial charge on any atom is 0.490 e. The smallest absolute Gasteiger partial charge is 0.481 e. The number of hydrogen-bond acceptors (Lipinski definition) is 4. The molecule has 5 heteroatoms. The molecule has 0 unspecified atom stereocenters. The molecule has 0 amide bonds. The summed E-state index contributed by atoms with van der Waals surface area (Å²) < 4.78 is 4.99. The van der Waals surface area contributed by atoms with Gasteiger partial charge in [-0.15, -0.1) is 0 Å². The minimum absolute atomic E-state index is 0.448. The Hall–Kier alpha value is -1.07. The van der Waals surface area contributed by atoms with E-state index >= 15 is 0 Å². The molecule has 14 heavy (non-hydrogen) atoms. The average Bonchev–Trinajstić information content (AvgIpc) is 3.00. The van der Waals surface area contributed by atoms with E-state index in [1.165, 1.54) is 6.20 Å². The lowest BCUT2D eigenvalue weighted by Gasteiger charge is -2.08. The lowest BCUT2D eigenvalue weighted by molar-refractivity contribution is 0.396. The monoisotopic (exact) mass is 193 g/mol. The number of pyridine rings is 1. The SMILES string of the molecule is COc1cc(C2CC2)c(B(O)O)cn1. The molecule has 0 saturated heterocycles. The van der Waals surface area contributed by atoms with E-state index in [9.17, 15) is 0 Å². The van der Waals surface area contributed by atoms with Crippen LogP contribution in [0.15, 0.2) is 12.3 Å². The second-order valence-corrected chi connectivity index (χ2v) is 3.50. The summed E-state index contributed by atoms with van der Waals surface area (Å²) in [6, 6.07) is 1.78. The van der Waals surface area contributed by atoms with Crippen molar-refractivity contribution in [2.45, 2.75) is 18.8 Å². The van der Waals surface area contributed by atoms with Gasteiger partial charge >= 0.3 is 7.12 Å². The number of rotatable bonds is 3. The Morgan fingerprint density at radius 1 is 1.50 bits per heavy atom. The molecule has 0 aliphatic heterocycles. The van der Waals surface area contributed by atoms with Crippen LogP contribution in [0.4, 0.5) is 0 Å². The average molecular weight is 193 g/mol. The van der Waals surface area contributed by atoms with E-state index in [2.05, 4.69) is 4.98 Å². The van der Waals surface area contributed by atoms with E-state index in [0.717, 1.165) is 18.4 Å². The zero-order valence-corrected chi connectivity index (χ0v) is 7.97. The van der Waals surface area contributed by atoms with E-state index in [1.807, 2.05) is 0 Å². The van der Waals surface area contributed by atoms with E-state index < -0.39 is 7.12 Å². The molecule has 4 nitrogen and oxygen atoms in total. The molecule has 1 aliphatic carbocycles. The molecule has 0 bridgehead atoms. The van der Waals surface area contributed by atoms with Crippen molar-refractivity contribution in [1.29, 1.82) is 0 Å². The zero-order chi connectivity index (χ0) is 10.1. The quantitative estimate of drug-likeness (QED) is 0.644. The molecule has 1 aromatic rings. The van der Waals surface area contributed by atoms with Gasteiger partial charge in [0.15, 0.2) is 0 Å². The molecular formula is C9H12BNO3. The number of aromatic nitrogens is 1. The van der Waals surface area contributed by atoms with Crippen LogP contribution in [0.3, 0.4) is 0 Å². The summed E-state index contributed by atoms with van der Waals surface area (Å²) in [6.07, 6.45) is 3.68. The molecule has 0 aromatic carbocycles. The van der Waals surface area contributed by atoms with Crippen LogP contribution in [-0.4, -0.2) is 29.3 Å². The van der Waals surface area contributed by atoms with E-state index in [1.54, 1.807) is 13.2 Å². The minimum atomic E-state index is -1.44. The first-order valence-corrected chi connectivity index (χ1v) is 4.62. The third kappa shape index (κ3) is 1.74. The highest BCUT2D eigenvalue weighted by Gasteiger charge is 2.30. The van der Waals surface area contributed by atoms with Crippen molar-refractivity contribution in [3.05, 3.63) is 17.8 Å². The standard InChI is InChI=1S/C9H12BNO3/c1-14-9-4-7(6-2-3-6)8(5-11-9)10(12)13/h4-6,12-13H,2-3H2,1H3. The lowest BCUT2D eigenvalue weighted by Crippen LogP contribution is -2.33. The predicted molar refractivity (Wildman–Crippen MR) is 52.6 cm³/mol. The summed E-state index contributed by atoms with van der Waals surface area (Å²) in [5, 5.41) is 18.2. The number of methoxy groups -OCH3 is 1. The first-order chi connectivity index (χ1) is 6.72. The van der Waals surface area contributed by atoms with Gasteiger partial charge in [0, 0.05) is 17.7 Å². The summed E-state index contributed by atoms with van der Waals surface area (Å²) >= 11 is 0. The molecule has 0 radical (unpaired) electrons. The summed E-state index contributed by atoms with van der Waals surface area (Å²) in [6.45, 7) is 0. The molecule has 74 valence electrons. The molecule has 1 heterocycles. The topological polar surface area (TPSA) is 62.6 Å². The van der Waals surface area contributed by atoms with Crippen molar-refractivity contribution in [1.82, 2.24) is 4.98 Å². The summed E-state index contributed by atoms with van der Waals surface area (Å²) in [4.78, 5) is 3.95. The van der Waals surface area contributed by atoms with Crippen LogP contribution in [0.1, 0.15) is 24.3 Å². The van der Waals surface area contributed by atoms with Crippen molar-refractivity contribution in [2.24, 2.45) is 0 Å². The molecule has 2 N–H and O–H groups in total. The highest BCUT2D eigenvalue weighted by Crippen LogP contribution is 2.39. The van der Waals surface area contributed by atoms with Gasteiger partial charge < -0.3 is 14.8 Å². The molecular weight excluding hydrogens is 181 g/mol. The van der Waals surface area contributed by atoms with Gasteiger partial charge in [-0.1, -0.05) is 0 Å². The van der Waals surface area contributed by atoms with Crippen LogP contribution in [0.5, 0.6) is 5.88 Å². The number of hydrogen-bond donors (Lipinski definition) is 2. The summed E-state index contributed by atoms with van der Waals surface area (Å²) in [5.74, 6) is 0.972. The van der Waals surface area contributed by atoms with Crippen molar-refractivity contribution in [3.8, 4) is 5.88 Å². The van der Waals surface area contributed by atoms with Gasteiger partial charge in [-0.3, -0.25) is 0 Å². The fourth-order valence-electron chi connectivity index (χ4n) is 1.54. The van der Waals surface area contributed by atoms with Crippen LogP contribution in [0.25, 0.3) is 0 Å². The van der Waals surface area contributed by atoms with Crippen LogP contribution in [-0.2, 0) is 0 Å². The Morgan fingerprint density at radius 3 is 2.71 bits per heavy atom. The molecule has 1 aliphatic rings. The van der Waals surface area contributed by atoms with Crippen LogP contribution >= 0.6 is 0 Å². The first kappa shape index (κ1) is 9.49. The van der Waals surface area contributed by atoms with Crippen molar-refractivity contribution in [3.63, 3.8) is 0 Å². The fraction of sp³-hybridized carbons (Fsp3) is 0.444. The van der Waals surface area contributed by atoms with E-state index in [4.69, 9.17) is 14.8 Å². The second kappa shape index (κ2) is 3.59. The van der Waals surface area contributed by atoms with Gasteiger partial charge in [0.05, 0.1) is 7.11 Å². The van der Waals surface area contributed by atoms with Crippen LogP contribution in [0.2, 0.25) is 0 Å². The summed E-state index contributed by atoms with van der Waals surface area (Å²) in [7, 11) is 0.109. The van der Waals surface area contributed by atoms with E-state index in [-0.39, 0.29) is 0 Å². The van der Waals surface area contributed by atoms with Crippen molar-refractivity contribution >= 4 is 12.6 Å². The number of nitrogens with zero attached hydrogens (tertiary/aromatic N) is 1. The summed E-state index contributed by atoms with van der Waals surface area (Å²) in [5.41, 5.74) is 1.44. The van der Waals surface area contributed by atoms with Crippen LogP contribution < -0.4 is 10.2 Å². The Morgan fingerprint density at radius 2 is 2.21 bits per heavy atom. The Labute approximate surface area is 82.7 Å². The van der Waals surface area contributed by atoms with Gasteiger partial charge in [0.2, 0.25) is 5.88 Å². The van der Waals surface area contributed by atoms with Gasteiger partial charge in [0.1, 0.15) is 0 Å². The fourth-order valence-corrected chi connectivity index (χ4v) is 1.54. The van der Waals surface area contributed by atoms with Crippen molar-refractivity contribution in [2.75, 3.05) is 7.11 Å². The Bertz CT molecular complexity index is 339. The predicted octanol–water partition coefficient (Wildman–Crippen LogP) is -0.353. The highest BCUT2D eigenvalue weighted by molar-refractivity contribution is 6.59. The van der Waals surface area contributed by atoms with E-state index in [0.29, 0.717) is 17.3 Å². The minimum Gasteiger partial charge on any atom is -0.481 e. The lowest BCUT2D eigenvalue weighted by atomic mass is 9.77. The van der Waals surface area contributed by atoms with Crippen molar-refractivity contribution < 1.29 is 14.8 Å². The van der Waals surface area contributed by atoms with Gasteiger partial charge in [-0.05, 0) is 24.3 Å². The van der Waals surface area contributed by atoms with Crippen LogP contribution in [0, 0.1) is 0 Å². The van der Waals surface area contributed by atoms with Gasteiger partial charge in [0.25, 0.3) is 0 Å². The molecule has 0 spiro atoms. The molecule has 1 fully saturated rings. The molecule has 2 rings (SSSR count). The largest absolute Gasteiger partial charge is 0.490 e. The maximum absolute atomic E-state index is 9.12.